The van der Waals surface area contributed by atoms with Crippen molar-refractivity contribution in [2.75, 3.05) is 27.4 Å². The summed E-state index contributed by atoms with van der Waals surface area (Å²) in [5.74, 6) is 0.983. The molecule has 4 heterocycles. The fourth-order valence-corrected chi connectivity index (χ4v) is 7.26. The van der Waals surface area contributed by atoms with Gasteiger partial charge in [-0.2, -0.15) is 0 Å². The van der Waals surface area contributed by atoms with Crippen LogP contribution in [0.25, 0.3) is 21.9 Å². The van der Waals surface area contributed by atoms with Gasteiger partial charge in [-0.1, -0.05) is 11.8 Å². The van der Waals surface area contributed by atoms with E-state index in [9.17, 15) is 40.2 Å². The second-order valence-corrected chi connectivity index (χ2v) is 13.2. The zero-order valence-corrected chi connectivity index (χ0v) is 28.2. The molecule has 0 saturated carbocycles. The Morgan fingerprint density at radius 2 is 1.04 bits per heavy atom. The maximum Gasteiger partial charge on any atom is 0.341 e. The molecule has 0 bridgehead atoms. The molecular weight excluding hydrogens is 696 g/mol. The Labute approximate surface area is 293 Å². The van der Waals surface area contributed by atoms with Crippen molar-refractivity contribution < 1.29 is 67.9 Å². The number of benzene rings is 2. The highest BCUT2D eigenvalue weighted by molar-refractivity contribution is 8.00. The SMILES string of the molecule is COc1ccc2cc(COC3[C@@H](O)C(CO)O[C@@H](S[C@@H]4OC(CO)[C@H](O)C(OCc5cc6ccc(OC)cc6oc5=O)[C@@H]4O)[C@@H]3O)c(=O)oc2c1. The maximum atomic E-state index is 12.7. The number of rotatable bonds is 12. The number of aliphatic hydroxyl groups excluding tert-OH is 6. The van der Waals surface area contributed by atoms with E-state index in [2.05, 4.69) is 0 Å². The molecule has 4 unspecified atom stereocenters. The van der Waals surface area contributed by atoms with Gasteiger partial charge >= 0.3 is 11.3 Å². The molecule has 2 aliphatic heterocycles. The summed E-state index contributed by atoms with van der Waals surface area (Å²) in [5.41, 5.74) is -3.26. The van der Waals surface area contributed by atoms with Crippen LogP contribution in [0.4, 0.5) is 0 Å². The van der Waals surface area contributed by atoms with E-state index in [4.69, 9.17) is 37.3 Å². The summed E-state index contributed by atoms with van der Waals surface area (Å²) in [4.78, 5) is 25.4. The molecular formula is C34H38O16S. The van der Waals surface area contributed by atoms with Crippen LogP contribution < -0.4 is 20.7 Å². The molecule has 0 radical (unpaired) electrons. The van der Waals surface area contributed by atoms with Gasteiger partial charge in [-0.25, -0.2) is 9.59 Å². The standard InChI is InChI=1S/C34H38O16S/c1-43-19-5-3-15-7-17(31(41)47-21(15)9-19)13-45-29-25(37)23(11-35)49-33(27(29)39)51-34-28(40)30(26(38)24(12-36)50-34)46-14-18-8-16-4-6-20(44-2)10-22(16)48-32(18)42/h3-10,23-30,33-40H,11-14H2,1-2H3/t23?,24?,25-,26-,27-,28+,29?,30?,33-,34-/m0/s1. The van der Waals surface area contributed by atoms with Gasteiger partial charge in [0.1, 0.15) is 82.4 Å². The van der Waals surface area contributed by atoms with E-state index in [0.29, 0.717) is 22.3 Å². The average molecular weight is 735 g/mol. The number of ether oxygens (including phenoxy) is 6. The van der Waals surface area contributed by atoms with E-state index >= 15 is 0 Å². The summed E-state index contributed by atoms with van der Waals surface area (Å²) in [6.45, 7) is -2.12. The number of aliphatic hydroxyl groups is 6. The van der Waals surface area contributed by atoms with Crippen LogP contribution in [0.3, 0.4) is 0 Å². The molecule has 2 fully saturated rings. The minimum absolute atomic E-state index is 0.0919. The monoisotopic (exact) mass is 734 g/mol. The van der Waals surface area contributed by atoms with Gasteiger partial charge in [-0.05, 0) is 36.4 Å². The van der Waals surface area contributed by atoms with Gasteiger partial charge in [-0.15, -0.1) is 0 Å². The van der Waals surface area contributed by atoms with Crippen molar-refractivity contribution >= 4 is 33.7 Å². The highest BCUT2D eigenvalue weighted by atomic mass is 32.2. The molecule has 276 valence electrons. The lowest BCUT2D eigenvalue weighted by Gasteiger charge is -2.46. The Kier molecular flexibility index (Phi) is 11.6. The Hall–Kier alpha value is -3.59. The van der Waals surface area contributed by atoms with Gasteiger partial charge in [0.2, 0.25) is 0 Å². The quantitative estimate of drug-likeness (QED) is 0.105. The van der Waals surface area contributed by atoms with Crippen LogP contribution in [-0.4, -0.2) is 118 Å². The number of hydrogen-bond acceptors (Lipinski definition) is 17. The van der Waals surface area contributed by atoms with E-state index in [1.807, 2.05) is 0 Å². The fraction of sp³-hybridized carbons (Fsp3) is 0.471. The molecule has 2 aromatic carbocycles. The number of thioether (sulfide) groups is 1. The molecule has 4 aromatic rings. The normalized spacial score (nSPS) is 29.7. The predicted octanol–water partition coefficient (Wildman–Crippen LogP) is -0.00160. The third-order valence-corrected chi connectivity index (χ3v) is 10.1. The number of methoxy groups -OCH3 is 2. The van der Waals surface area contributed by atoms with Crippen LogP contribution in [0.2, 0.25) is 0 Å². The Balaban J connectivity index is 1.16. The van der Waals surface area contributed by atoms with Gasteiger partial charge in [0.25, 0.3) is 0 Å². The van der Waals surface area contributed by atoms with E-state index in [1.165, 1.54) is 14.2 Å². The molecule has 6 N–H and O–H groups in total. The molecule has 0 amide bonds. The van der Waals surface area contributed by atoms with Crippen molar-refractivity contribution in [3.05, 3.63) is 80.5 Å². The predicted molar refractivity (Wildman–Crippen MR) is 178 cm³/mol. The largest absolute Gasteiger partial charge is 0.497 e. The van der Waals surface area contributed by atoms with Crippen LogP contribution in [0.1, 0.15) is 11.1 Å². The summed E-state index contributed by atoms with van der Waals surface area (Å²) in [5, 5.41) is 65.5. The van der Waals surface area contributed by atoms with E-state index in [-0.39, 0.29) is 35.5 Å². The van der Waals surface area contributed by atoms with Crippen LogP contribution in [-0.2, 0) is 32.2 Å². The highest BCUT2D eigenvalue weighted by Gasteiger charge is 2.51. The first-order chi connectivity index (χ1) is 24.5. The molecule has 10 atom stereocenters. The van der Waals surface area contributed by atoms with Crippen molar-refractivity contribution in [1.29, 1.82) is 0 Å². The first-order valence-electron chi connectivity index (χ1n) is 15.9. The van der Waals surface area contributed by atoms with Crippen LogP contribution in [0.15, 0.2) is 67.0 Å². The van der Waals surface area contributed by atoms with Crippen molar-refractivity contribution in [1.82, 2.24) is 0 Å². The summed E-state index contributed by atoms with van der Waals surface area (Å²) in [6, 6.07) is 12.9. The second-order valence-electron chi connectivity index (χ2n) is 12.0. The van der Waals surface area contributed by atoms with Gasteiger partial charge in [0, 0.05) is 22.9 Å². The molecule has 0 spiro atoms. The molecule has 17 heteroatoms. The highest BCUT2D eigenvalue weighted by Crippen LogP contribution is 2.38. The first kappa shape index (κ1) is 37.2. The maximum absolute atomic E-state index is 12.7. The summed E-state index contributed by atoms with van der Waals surface area (Å²) >= 11 is 0.735. The smallest absolute Gasteiger partial charge is 0.341 e. The number of hydrogen-bond donors (Lipinski definition) is 6. The minimum atomic E-state index is -1.60. The van der Waals surface area contributed by atoms with Crippen LogP contribution in [0, 0.1) is 0 Å². The van der Waals surface area contributed by atoms with E-state index < -0.39 is 84.2 Å². The fourth-order valence-electron chi connectivity index (χ4n) is 5.95. The van der Waals surface area contributed by atoms with Crippen LogP contribution in [0.5, 0.6) is 11.5 Å². The first-order valence-corrected chi connectivity index (χ1v) is 16.8. The minimum Gasteiger partial charge on any atom is -0.497 e. The van der Waals surface area contributed by atoms with Gasteiger partial charge in [-0.3, -0.25) is 0 Å². The van der Waals surface area contributed by atoms with E-state index in [1.54, 1.807) is 48.5 Å². The van der Waals surface area contributed by atoms with E-state index in [0.717, 1.165) is 11.8 Å². The molecule has 51 heavy (non-hydrogen) atoms. The molecule has 2 aliphatic rings. The Bertz CT molecular complexity index is 1790. The molecule has 6 rings (SSSR count). The van der Waals surface area contributed by atoms with Crippen molar-refractivity contribution in [3.8, 4) is 11.5 Å². The van der Waals surface area contributed by atoms with Crippen LogP contribution >= 0.6 is 11.8 Å². The van der Waals surface area contributed by atoms with Crippen molar-refractivity contribution in [3.63, 3.8) is 0 Å². The lowest BCUT2D eigenvalue weighted by molar-refractivity contribution is -0.231. The lowest BCUT2D eigenvalue weighted by atomic mass is 9.99. The third kappa shape index (κ3) is 7.79. The summed E-state index contributed by atoms with van der Waals surface area (Å²) in [6.07, 6.45) is -11.6. The number of fused-ring (bicyclic) bond motifs is 2. The Morgan fingerprint density at radius 3 is 1.41 bits per heavy atom. The summed E-state index contributed by atoms with van der Waals surface area (Å²) < 4.78 is 44.3. The second kappa shape index (κ2) is 16.0. The van der Waals surface area contributed by atoms with Crippen molar-refractivity contribution in [2.24, 2.45) is 0 Å². The average Bonchev–Trinajstić information content (AvgIpc) is 3.13. The van der Waals surface area contributed by atoms with Gasteiger partial charge in [0.15, 0.2) is 0 Å². The summed E-state index contributed by atoms with van der Waals surface area (Å²) in [7, 11) is 2.96. The zero-order valence-electron chi connectivity index (χ0n) is 27.4. The zero-order chi connectivity index (χ0) is 36.4. The molecule has 2 aromatic heterocycles. The van der Waals surface area contributed by atoms with Gasteiger partial charge < -0.3 is 67.9 Å². The molecule has 2 saturated heterocycles. The molecule has 0 aliphatic carbocycles. The molecule has 16 nitrogen and oxygen atoms in total. The third-order valence-electron chi connectivity index (χ3n) is 8.81. The van der Waals surface area contributed by atoms with Crippen molar-refractivity contribution in [2.45, 2.75) is 72.9 Å². The lowest BCUT2D eigenvalue weighted by Crippen LogP contribution is -2.61. The van der Waals surface area contributed by atoms with Gasteiger partial charge in [0.05, 0.1) is 51.8 Å². The Morgan fingerprint density at radius 1 is 0.627 bits per heavy atom. The topological polar surface area (TPSA) is 237 Å².